The summed E-state index contributed by atoms with van der Waals surface area (Å²) in [6.07, 6.45) is 3.39. The smallest absolute Gasteiger partial charge is 0.234 e. The average Bonchev–Trinajstić information content (AvgIpc) is 3.01. The number of thioether (sulfide) groups is 1. The Labute approximate surface area is 154 Å². The van der Waals surface area contributed by atoms with Crippen LogP contribution in [0.3, 0.4) is 0 Å². The monoisotopic (exact) mass is 367 g/mol. The van der Waals surface area contributed by atoms with E-state index in [1.807, 2.05) is 23.7 Å². The second kappa shape index (κ2) is 7.92. The van der Waals surface area contributed by atoms with E-state index in [0.29, 0.717) is 22.2 Å². The second-order valence-electron chi connectivity index (χ2n) is 5.57. The van der Waals surface area contributed by atoms with Crippen molar-refractivity contribution in [2.75, 3.05) is 11.1 Å². The van der Waals surface area contributed by atoms with Crippen LogP contribution in [0.5, 0.6) is 0 Å². The third-order valence-corrected chi connectivity index (χ3v) is 4.68. The minimum Gasteiger partial charge on any atom is -0.325 e. The largest absolute Gasteiger partial charge is 0.325 e. The molecule has 7 nitrogen and oxygen atoms in total. The van der Waals surface area contributed by atoms with Gasteiger partial charge < -0.3 is 9.88 Å². The summed E-state index contributed by atoms with van der Waals surface area (Å²) in [5, 5.41) is 11.7. The normalized spacial score (nSPS) is 10.5. The Morgan fingerprint density at radius 3 is 2.65 bits per heavy atom. The Morgan fingerprint density at radius 2 is 1.92 bits per heavy atom. The zero-order chi connectivity index (χ0) is 18.5. The molecule has 1 aromatic carbocycles. The summed E-state index contributed by atoms with van der Waals surface area (Å²) in [6.45, 7) is 1.49. The second-order valence-corrected chi connectivity index (χ2v) is 6.52. The van der Waals surface area contributed by atoms with Gasteiger partial charge in [0.2, 0.25) is 5.91 Å². The first-order valence-electron chi connectivity index (χ1n) is 7.88. The van der Waals surface area contributed by atoms with Crippen molar-refractivity contribution < 1.29 is 9.59 Å². The lowest BCUT2D eigenvalue weighted by Gasteiger charge is -2.06. The van der Waals surface area contributed by atoms with Crippen LogP contribution in [0.25, 0.3) is 11.4 Å². The Hall–Kier alpha value is -3.00. The number of nitrogens with one attached hydrogen (secondary N) is 1. The fourth-order valence-corrected chi connectivity index (χ4v) is 3.05. The van der Waals surface area contributed by atoms with Crippen molar-refractivity contribution in [1.29, 1.82) is 0 Å². The molecule has 0 saturated heterocycles. The van der Waals surface area contributed by atoms with Gasteiger partial charge in [-0.25, -0.2) is 0 Å². The van der Waals surface area contributed by atoms with E-state index in [-0.39, 0.29) is 17.4 Å². The lowest BCUT2D eigenvalue weighted by molar-refractivity contribution is -0.113. The molecule has 8 heteroatoms. The molecule has 0 fully saturated rings. The highest BCUT2D eigenvalue weighted by atomic mass is 32.2. The number of rotatable bonds is 6. The van der Waals surface area contributed by atoms with Crippen molar-refractivity contribution in [3.05, 3.63) is 54.4 Å². The summed E-state index contributed by atoms with van der Waals surface area (Å²) in [6, 6.07) is 10.6. The Morgan fingerprint density at radius 1 is 1.15 bits per heavy atom. The first-order chi connectivity index (χ1) is 12.5. The molecule has 0 radical (unpaired) electrons. The molecular formula is C18H17N5O2S. The van der Waals surface area contributed by atoms with E-state index in [2.05, 4.69) is 20.5 Å². The minimum atomic E-state index is -0.177. The molecule has 0 aliphatic carbocycles. The van der Waals surface area contributed by atoms with Gasteiger partial charge in [0.25, 0.3) is 0 Å². The predicted molar refractivity (Wildman–Crippen MR) is 100 cm³/mol. The molecule has 1 amide bonds. The maximum absolute atomic E-state index is 12.2. The van der Waals surface area contributed by atoms with Crippen molar-refractivity contribution in [1.82, 2.24) is 19.7 Å². The van der Waals surface area contributed by atoms with E-state index < -0.39 is 0 Å². The number of amides is 1. The van der Waals surface area contributed by atoms with Crippen LogP contribution in [0.1, 0.15) is 17.3 Å². The Kier molecular flexibility index (Phi) is 5.43. The van der Waals surface area contributed by atoms with E-state index in [0.717, 1.165) is 5.56 Å². The SMILES string of the molecule is CC(=O)c1cccc(NC(=O)CSc2nnc(-c3ccncc3)n2C)c1. The van der Waals surface area contributed by atoms with Crippen molar-refractivity contribution in [3.63, 3.8) is 0 Å². The number of Topliss-reactive ketones (excluding diaryl/α,β-unsaturated/α-hetero) is 1. The summed E-state index contributed by atoms with van der Waals surface area (Å²) in [4.78, 5) is 27.6. The van der Waals surface area contributed by atoms with Gasteiger partial charge in [-0.3, -0.25) is 14.6 Å². The van der Waals surface area contributed by atoms with Crippen molar-refractivity contribution >= 4 is 29.1 Å². The maximum Gasteiger partial charge on any atom is 0.234 e. The number of pyridine rings is 1. The van der Waals surface area contributed by atoms with Crippen molar-refractivity contribution in [2.45, 2.75) is 12.1 Å². The molecule has 0 aliphatic rings. The topological polar surface area (TPSA) is 89.8 Å². The van der Waals surface area contributed by atoms with Gasteiger partial charge in [0, 0.05) is 36.3 Å². The fourth-order valence-electron chi connectivity index (χ4n) is 2.34. The summed E-state index contributed by atoms with van der Waals surface area (Å²) in [5.74, 6) is 0.680. The standard InChI is InChI=1S/C18H17N5O2S/c1-12(24)14-4-3-5-15(10-14)20-16(25)11-26-18-22-21-17(23(18)2)13-6-8-19-9-7-13/h3-10H,11H2,1-2H3,(H,20,25). The fraction of sp³-hybridized carbons (Fsp3) is 0.167. The van der Waals surface area contributed by atoms with Gasteiger partial charge >= 0.3 is 0 Å². The molecule has 0 spiro atoms. The zero-order valence-corrected chi connectivity index (χ0v) is 15.2. The predicted octanol–water partition coefficient (Wildman–Crippen LogP) is 2.81. The van der Waals surface area contributed by atoms with Crippen molar-refractivity contribution in [3.8, 4) is 11.4 Å². The van der Waals surface area contributed by atoms with Crippen LogP contribution < -0.4 is 5.32 Å². The third-order valence-electron chi connectivity index (χ3n) is 3.66. The van der Waals surface area contributed by atoms with Crippen LogP contribution in [0.2, 0.25) is 0 Å². The minimum absolute atomic E-state index is 0.0433. The molecule has 0 saturated carbocycles. The number of aromatic nitrogens is 4. The molecule has 132 valence electrons. The number of carbonyl (C=O) groups is 2. The van der Waals surface area contributed by atoms with Crippen molar-refractivity contribution in [2.24, 2.45) is 7.05 Å². The van der Waals surface area contributed by atoms with E-state index in [4.69, 9.17) is 0 Å². The van der Waals surface area contributed by atoms with E-state index in [1.54, 1.807) is 36.7 Å². The summed E-state index contributed by atoms with van der Waals surface area (Å²) < 4.78 is 1.84. The van der Waals surface area contributed by atoms with E-state index >= 15 is 0 Å². The molecule has 2 aromatic heterocycles. The highest BCUT2D eigenvalue weighted by molar-refractivity contribution is 7.99. The first-order valence-corrected chi connectivity index (χ1v) is 8.86. The zero-order valence-electron chi connectivity index (χ0n) is 14.3. The van der Waals surface area contributed by atoms with Gasteiger partial charge in [0.1, 0.15) is 0 Å². The van der Waals surface area contributed by atoms with Crippen LogP contribution in [-0.2, 0) is 11.8 Å². The molecule has 2 heterocycles. The van der Waals surface area contributed by atoms with Gasteiger partial charge in [0.05, 0.1) is 5.75 Å². The Balaban J connectivity index is 1.63. The van der Waals surface area contributed by atoms with Gasteiger partial charge in [0.15, 0.2) is 16.8 Å². The third kappa shape index (κ3) is 4.15. The number of nitrogens with zero attached hydrogens (tertiary/aromatic N) is 4. The van der Waals surface area contributed by atoms with E-state index in [1.165, 1.54) is 18.7 Å². The number of ketones is 1. The molecule has 0 unspecified atom stereocenters. The molecule has 1 N–H and O–H groups in total. The first kappa shape index (κ1) is 17.8. The summed E-state index contributed by atoms with van der Waals surface area (Å²) >= 11 is 1.30. The molecule has 3 aromatic rings. The van der Waals surface area contributed by atoms with Gasteiger partial charge in [-0.2, -0.15) is 0 Å². The number of hydrogen-bond acceptors (Lipinski definition) is 6. The molecule has 0 atom stereocenters. The van der Waals surface area contributed by atoms with Gasteiger partial charge in [-0.15, -0.1) is 10.2 Å². The number of benzene rings is 1. The van der Waals surface area contributed by atoms with Gasteiger partial charge in [-0.1, -0.05) is 23.9 Å². The lowest BCUT2D eigenvalue weighted by Crippen LogP contribution is -2.14. The molecule has 0 bridgehead atoms. The number of carbonyl (C=O) groups excluding carboxylic acids is 2. The average molecular weight is 367 g/mol. The lowest BCUT2D eigenvalue weighted by atomic mass is 10.1. The van der Waals surface area contributed by atoms with Crippen LogP contribution in [0, 0.1) is 0 Å². The summed E-state index contributed by atoms with van der Waals surface area (Å²) in [7, 11) is 1.85. The molecule has 26 heavy (non-hydrogen) atoms. The maximum atomic E-state index is 12.2. The van der Waals surface area contributed by atoms with Gasteiger partial charge in [-0.05, 0) is 31.2 Å². The quantitative estimate of drug-likeness (QED) is 0.532. The van der Waals surface area contributed by atoms with Crippen LogP contribution in [-0.4, -0.2) is 37.2 Å². The summed E-state index contributed by atoms with van der Waals surface area (Å²) in [5.41, 5.74) is 2.07. The molecule has 3 rings (SSSR count). The van der Waals surface area contributed by atoms with Crippen LogP contribution in [0.15, 0.2) is 53.9 Å². The molecular weight excluding hydrogens is 350 g/mol. The highest BCUT2D eigenvalue weighted by Crippen LogP contribution is 2.22. The highest BCUT2D eigenvalue weighted by Gasteiger charge is 2.13. The number of anilines is 1. The van der Waals surface area contributed by atoms with Crippen LogP contribution >= 0.6 is 11.8 Å². The number of hydrogen-bond donors (Lipinski definition) is 1. The Bertz CT molecular complexity index is 940. The van der Waals surface area contributed by atoms with Crippen LogP contribution in [0.4, 0.5) is 5.69 Å². The molecule has 0 aliphatic heterocycles. The van der Waals surface area contributed by atoms with E-state index in [9.17, 15) is 9.59 Å².